The Labute approximate surface area is 143 Å². The van der Waals surface area contributed by atoms with Gasteiger partial charge in [0.2, 0.25) is 0 Å². The van der Waals surface area contributed by atoms with Crippen molar-refractivity contribution in [3.63, 3.8) is 0 Å². The van der Waals surface area contributed by atoms with Gasteiger partial charge in [0.25, 0.3) is 0 Å². The second-order valence-corrected chi connectivity index (χ2v) is 7.28. The van der Waals surface area contributed by atoms with Gasteiger partial charge in [-0.05, 0) is 67.6 Å². The van der Waals surface area contributed by atoms with Gasteiger partial charge >= 0.3 is 0 Å². The molecule has 0 bridgehead atoms. The Kier molecular flexibility index (Phi) is 4.25. The molecule has 1 aromatic carbocycles. The van der Waals surface area contributed by atoms with Crippen LogP contribution >= 0.6 is 0 Å². The van der Waals surface area contributed by atoms with Crippen LogP contribution in [0.3, 0.4) is 0 Å². The molecule has 2 saturated heterocycles. The summed E-state index contributed by atoms with van der Waals surface area (Å²) in [5, 5.41) is 3.53. The van der Waals surface area contributed by atoms with Crippen molar-refractivity contribution < 1.29 is 4.74 Å². The van der Waals surface area contributed by atoms with Gasteiger partial charge in [0.1, 0.15) is 11.5 Å². The first kappa shape index (κ1) is 15.6. The zero-order valence-electron chi connectivity index (χ0n) is 14.3. The molecule has 2 aliphatic rings. The van der Waals surface area contributed by atoms with Crippen LogP contribution in [0.25, 0.3) is 0 Å². The number of aryl methyl sites for hydroxylation is 1. The molecule has 4 nitrogen and oxygen atoms in total. The monoisotopic (exact) mass is 323 g/mol. The molecule has 24 heavy (non-hydrogen) atoms. The van der Waals surface area contributed by atoms with Crippen LogP contribution in [0.2, 0.25) is 0 Å². The normalized spacial score (nSPS) is 23.9. The maximum absolute atomic E-state index is 5.93. The Bertz CT molecular complexity index is 695. The highest BCUT2D eigenvalue weighted by Crippen LogP contribution is 2.36. The third-order valence-electron chi connectivity index (χ3n) is 5.36. The van der Waals surface area contributed by atoms with Gasteiger partial charge in [-0.25, -0.2) is 0 Å². The molecule has 0 radical (unpaired) electrons. The molecule has 1 atom stereocenters. The minimum Gasteiger partial charge on any atom is -0.455 e. The number of benzene rings is 1. The van der Waals surface area contributed by atoms with E-state index in [1.807, 2.05) is 12.1 Å². The summed E-state index contributed by atoms with van der Waals surface area (Å²) in [4.78, 5) is 6.70. The topological polar surface area (TPSA) is 37.4 Å². The van der Waals surface area contributed by atoms with Crippen molar-refractivity contribution in [2.24, 2.45) is 5.41 Å². The highest BCUT2D eigenvalue weighted by Gasteiger charge is 2.39. The maximum atomic E-state index is 5.93. The van der Waals surface area contributed by atoms with E-state index in [1.54, 1.807) is 12.4 Å². The summed E-state index contributed by atoms with van der Waals surface area (Å²) in [5.41, 5.74) is 3.08. The van der Waals surface area contributed by atoms with E-state index in [0.717, 1.165) is 18.0 Å². The molecule has 0 amide bonds. The fraction of sp³-hybridized carbons (Fsp3) is 0.450. The lowest BCUT2D eigenvalue weighted by atomic mass is 9.86. The second-order valence-electron chi connectivity index (χ2n) is 7.28. The molecule has 1 aromatic heterocycles. The third-order valence-corrected chi connectivity index (χ3v) is 5.36. The summed E-state index contributed by atoms with van der Waals surface area (Å²) in [5.74, 6) is 1.69. The molecular formula is C20H25N3O. The Morgan fingerprint density at radius 3 is 3.00 bits per heavy atom. The summed E-state index contributed by atoms with van der Waals surface area (Å²) >= 11 is 0. The number of likely N-dealkylation sites (tertiary alicyclic amines) is 1. The van der Waals surface area contributed by atoms with E-state index in [1.165, 1.54) is 50.1 Å². The minimum atomic E-state index is 0.540. The van der Waals surface area contributed by atoms with Gasteiger partial charge in [0.15, 0.2) is 0 Å². The summed E-state index contributed by atoms with van der Waals surface area (Å²) in [7, 11) is 0. The van der Waals surface area contributed by atoms with Crippen molar-refractivity contribution in [3.8, 4) is 11.5 Å². The molecule has 1 unspecified atom stereocenters. The number of aromatic nitrogens is 1. The molecular weight excluding hydrogens is 298 g/mol. The Morgan fingerprint density at radius 2 is 2.25 bits per heavy atom. The van der Waals surface area contributed by atoms with E-state index >= 15 is 0 Å². The van der Waals surface area contributed by atoms with Crippen LogP contribution in [0.4, 0.5) is 0 Å². The van der Waals surface area contributed by atoms with Crippen LogP contribution in [0.15, 0.2) is 42.7 Å². The van der Waals surface area contributed by atoms with Crippen molar-refractivity contribution in [2.45, 2.75) is 26.3 Å². The lowest BCUT2D eigenvalue weighted by Crippen LogP contribution is -2.28. The highest BCUT2D eigenvalue weighted by molar-refractivity contribution is 5.39. The first-order chi connectivity index (χ1) is 11.7. The number of nitrogens with one attached hydrogen (secondary N) is 1. The van der Waals surface area contributed by atoms with Crippen molar-refractivity contribution in [2.75, 3.05) is 26.2 Å². The molecule has 126 valence electrons. The summed E-state index contributed by atoms with van der Waals surface area (Å²) < 4.78 is 5.93. The number of pyridine rings is 1. The van der Waals surface area contributed by atoms with Gasteiger partial charge in [-0.2, -0.15) is 0 Å². The number of ether oxygens (including phenoxy) is 1. The van der Waals surface area contributed by atoms with E-state index in [9.17, 15) is 0 Å². The van der Waals surface area contributed by atoms with E-state index in [4.69, 9.17) is 4.74 Å². The van der Waals surface area contributed by atoms with Crippen molar-refractivity contribution in [3.05, 3.63) is 53.9 Å². The minimum absolute atomic E-state index is 0.540. The molecule has 2 aliphatic heterocycles. The van der Waals surface area contributed by atoms with Crippen LogP contribution in [0.5, 0.6) is 11.5 Å². The fourth-order valence-electron chi connectivity index (χ4n) is 4.02. The van der Waals surface area contributed by atoms with Gasteiger partial charge in [-0.1, -0.05) is 12.1 Å². The lowest BCUT2D eigenvalue weighted by molar-refractivity contribution is 0.268. The first-order valence-corrected chi connectivity index (χ1v) is 8.83. The first-order valence-electron chi connectivity index (χ1n) is 8.83. The summed E-state index contributed by atoms with van der Waals surface area (Å²) in [6.07, 6.45) is 6.17. The molecule has 4 rings (SSSR count). The predicted molar refractivity (Wildman–Crippen MR) is 95.3 cm³/mol. The van der Waals surface area contributed by atoms with Crippen molar-refractivity contribution in [1.29, 1.82) is 0 Å². The summed E-state index contributed by atoms with van der Waals surface area (Å²) in [6, 6.07) is 10.3. The lowest BCUT2D eigenvalue weighted by Gasteiger charge is -2.23. The van der Waals surface area contributed by atoms with Gasteiger partial charge < -0.3 is 10.1 Å². The highest BCUT2D eigenvalue weighted by atomic mass is 16.5. The average Bonchev–Trinajstić information content (AvgIpc) is 3.21. The number of hydrogen-bond acceptors (Lipinski definition) is 4. The molecule has 2 aromatic rings. The number of rotatable bonds is 4. The van der Waals surface area contributed by atoms with Gasteiger partial charge in [0, 0.05) is 25.8 Å². The molecule has 0 saturated carbocycles. The molecule has 1 spiro atoms. The van der Waals surface area contributed by atoms with Crippen LogP contribution in [-0.2, 0) is 6.54 Å². The van der Waals surface area contributed by atoms with Crippen molar-refractivity contribution >= 4 is 0 Å². The van der Waals surface area contributed by atoms with E-state index in [0.29, 0.717) is 5.41 Å². The van der Waals surface area contributed by atoms with Gasteiger partial charge in [0.05, 0.1) is 6.20 Å². The Balaban J connectivity index is 1.41. The standard InChI is InChI=1S/C20H25N3O/c1-16-11-17(4-5-19(16)24-18-3-2-8-21-12-18)13-23-10-7-20(15-23)6-9-22-14-20/h2-5,8,11-12,22H,6-7,9-10,13-15H2,1H3. The predicted octanol–water partition coefficient (Wildman–Crippen LogP) is 3.37. The molecule has 0 aliphatic carbocycles. The number of hydrogen-bond donors (Lipinski definition) is 1. The molecule has 1 N–H and O–H groups in total. The molecule has 2 fully saturated rings. The van der Waals surface area contributed by atoms with E-state index in [-0.39, 0.29) is 0 Å². The smallest absolute Gasteiger partial charge is 0.145 e. The third kappa shape index (κ3) is 3.30. The van der Waals surface area contributed by atoms with Crippen LogP contribution in [0.1, 0.15) is 24.0 Å². The quantitative estimate of drug-likeness (QED) is 0.936. The number of nitrogens with zero attached hydrogens (tertiary/aromatic N) is 2. The SMILES string of the molecule is Cc1cc(CN2CCC3(CCNC3)C2)ccc1Oc1cccnc1. The molecule has 4 heteroatoms. The van der Waals surface area contributed by atoms with Crippen LogP contribution in [0, 0.1) is 12.3 Å². The summed E-state index contributed by atoms with van der Waals surface area (Å²) in [6.45, 7) is 7.98. The maximum Gasteiger partial charge on any atom is 0.145 e. The zero-order valence-corrected chi connectivity index (χ0v) is 14.3. The Hall–Kier alpha value is -1.91. The van der Waals surface area contributed by atoms with Gasteiger partial charge in [-0.15, -0.1) is 0 Å². The second kappa shape index (κ2) is 6.54. The van der Waals surface area contributed by atoms with Crippen LogP contribution in [-0.4, -0.2) is 36.1 Å². The van der Waals surface area contributed by atoms with Crippen LogP contribution < -0.4 is 10.1 Å². The van der Waals surface area contributed by atoms with Gasteiger partial charge in [-0.3, -0.25) is 9.88 Å². The van der Waals surface area contributed by atoms with E-state index < -0.39 is 0 Å². The average molecular weight is 323 g/mol. The largest absolute Gasteiger partial charge is 0.455 e. The fourth-order valence-corrected chi connectivity index (χ4v) is 4.02. The molecule has 3 heterocycles. The van der Waals surface area contributed by atoms with E-state index in [2.05, 4.69) is 40.3 Å². The Morgan fingerprint density at radius 1 is 1.29 bits per heavy atom. The van der Waals surface area contributed by atoms with Crippen molar-refractivity contribution in [1.82, 2.24) is 15.2 Å². The zero-order chi connectivity index (χ0) is 16.4.